The summed E-state index contributed by atoms with van der Waals surface area (Å²) in [5.41, 5.74) is 1.46. The predicted octanol–water partition coefficient (Wildman–Crippen LogP) is 1.38. The number of allylic oxidation sites excluding steroid dienone is 1. The molecule has 76 valence electrons. The summed E-state index contributed by atoms with van der Waals surface area (Å²) in [6.07, 6.45) is 5.23. The summed E-state index contributed by atoms with van der Waals surface area (Å²) in [6.45, 7) is 1.24. The second-order valence-corrected chi connectivity index (χ2v) is 4.50. The van der Waals surface area contributed by atoms with Crippen LogP contribution >= 0.6 is 11.8 Å². The molecule has 0 aliphatic carbocycles. The van der Waals surface area contributed by atoms with E-state index in [2.05, 4.69) is 10.8 Å². The molecule has 0 aromatic rings. The molecule has 2 aliphatic rings. The van der Waals surface area contributed by atoms with Crippen molar-refractivity contribution in [3.8, 4) is 0 Å². The van der Waals surface area contributed by atoms with Crippen LogP contribution in [0.4, 0.5) is 0 Å². The first-order valence-electron chi connectivity index (χ1n) is 4.63. The van der Waals surface area contributed by atoms with Crippen molar-refractivity contribution in [3.05, 3.63) is 22.8 Å². The summed E-state index contributed by atoms with van der Waals surface area (Å²) >= 11 is 1.90. The van der Waals surface area contributed by atoms with E-state index in [1.54, 1.807) is 0 Å². The molecule has 0 saturated heterocycles. The Hall–Kier alpha value is -0.900. The quantitative estimate of drug-likeness (QED) is 0.645. The molecule has 0 aromatic heterocycles. The molecule has 0 bridgehead atoms. The molecular formula is C10H13NO2S. The average molecular weight is 211 g/mol. The second kappa shape index (κ2) is 4.09. The number of nitrogens with zero attached hydrogens (tertiary/aromatic N) is 1. The maximum absolute atomic E-state index is 11.1. The zero-order valence-electron chi connectivity index (χ0n) is 8.16. The summed E-state index contributed by atoms with van der Waals surface area (Å²) < 4.78 is 4.63. The van der Waals surface area contributed by atoms with Gasteiger partial charge in [-0.1, -0.05) is 0 Å². The Balaban J connectivity index is 1.95. The lowest BCUT2D eigenvalue weighted by molar-refractivity contribution is -0.141. The van der Waals surface area contributed by atoms with Crippen molar-refractivity contribution in [2.75, 3.05) is 26.0 Å². The summed E-state index contributed by atoms with van der Waals surface area (Å²) in [4.78, 5) is 14.4. The molecule has 0 saturated carbocycles. The van der Waals surface area contributed by atoms with E-state index in [1.165, 1.54) is 23.3 Å². The third-order valence-electron chi connectivity index (χ3n) is 2.40. The van der Waals surface area contributed by atoms with Crippen LogP contribution in [0.25, 0.3) is 0 Å². The SMILES string of the molecule is COC(=O)CN1C=CC2=C(CCS2)C1. The third-order valence-corrected chi connectivity index (χ3v) is 3.54. The van der Waals surface area contributed by atoms with Crippen LogP contribution in [-0.4, -0.2) is 36.8 Å². The molecule has 14 heavy (non-hydrogen) atoms. The second-order valence-electron chi connectivity index (χ2n) is 3.36. The maximum atomic E-state index is 11.1. The van der Waals surface area contributed by atoms with E-state index < -0.39 is 0 Å². The number of hydrogen-bond donors (Lipinski definition) is 0. The Kier molecular flexibility index (Phi) is 2.82. The first kappa shape index (κ1) is 9.65. The minimum Gasteiger partial charge on any atom is -0.468 e. The van der Waals surface area contributed by atoms with Gasteiger partial charge in [0.25, 0.3) is 0 Å². The predicted molar refractivity (Wildman–Crippen MR) is 56.8 cm³/mol. The van der Waals surface area contributed by atoms with Crippen LogP contribution in [-0.2, 0) is 9.53 Å². The Labute approximate surface area is 87.8 Å². The van der Waals surface area contributed by atoms with E-state index in [0.717, 1.165) is 13.0 Å². The van der Waals surface area contributed by atoms with Crippen LogP contribution in [0.5, 0.6) is 0 Å². The van der Waals surface area contributed by atoms with Crippen LogP contribution in [0, 0.1) is 0 Å². The van der Waals surface area contributed by atoms with Gasteiger partial charge in [0.2, 0.25) is 0 Å². The number of carbonyl (C=O) groups is 1. The van der Waals surface area contributed by atoms with Gasteiger partial charge >= 0.3 is 5.97 Å². The smallest absolute Gasteiger partial charge is 0.325 e. The summed E-state index contributed by atoms with van der Waals surface area (Å²) in [5.74, 6) is 1.01. The van der Waals surface area contributed by atoms with E-state index >= 15 is 0 Å². The normalized spacial score (nSPS) is 19.9. The molecule has 0 aromatic carbocycles. The van der Waals surface area contributed by atoms with Crippen LogP contribution < -0.4 is 0 Å². The van der Waals surface area contributed by atoms with Crippen LogP contribution in [0.15, 0.2) is 22.8 Å². The van der Waals surface area contributed by atoms with E-state index in [-0.39, 0.29) is 5.97 Å². The van der Waals surface area contributed by atoms with Crippen LogP contribution in [0.2, 0.25) is 0 Å². The average Bonchev–Trinajstić information content (AvgIpc) is 2.64. The highest BCUT2D eigenvalue weighted by atomic mass is 32.2. The number of esters is 1. The zero-order chi connectivity index (χ0) is 9.97. The number of carbonyl (C=O) groups excluding carboxylic acids is 1. The van der Waals surface area contributed by atoms with Gasteiger partial charge < -0.3 is 9.64 Å². The molecule has 0 atom stereocenters. The van der Waals surface area contributed by atoms with Crippen molar-refractivity contribution in [3.63, 3.8) is 0 Å². The van der Waals surface area contributed by atoms with Gasteiger partial charge in [-0.05, 0) is 18.1 Å². The van der Waals surface area contributed by atoms with E-state index in [9.17, 15) is 4.79 Å². The number of hydrogen-bond acceptors (Lipinski definition) is 4. The third kappa shape index (κ3) is 1.95. The lowest BCUT2D eigenvalue weighted by Gasteiger charge is -2.23. The largest absolute Gasteiger partial charge is 0.468 e. The Morgan fingerprint density at radius 2 is 2.57 bits per heavy atom. The molecule has 2 aliphatic heterocycles. The first-order valence-corrected chi connectivity index (χ1v) is 5.62. The summed E-state index contributed by atoms with van der Waals surface area (Å²) in [5, 5.41) is 0. The maximum Gasteiger partial charge on any atom is 0.325 e. The highest BCUT2D eigenvalue weighted by molar-refractivity contribution is 8.03. The van der Waals surface area contributed by atoms with Crippen LogP contribution in [0.1, 0.15) is 6.42 Å². The van der Waals surface area contributed by atoms with Crippen molar-refractivity contribution in [2.45, 2.75) is 6.42 Å². The van der Waals surface area contributed by atoms with E-state index in [1.807, 2.05) is 22.9 Å². The highest BCUT2D eigenvalue weighted by Crippen LogP contribution is 2.34. The molecule has 0 radical (unpaired) electrons. The van der Waals surface area contributed by atoms with Gasteiger partial charge in [0.05, 0.1) is 7.11 Å². The molecule has 3 nitrogen and oxygen atoms in total. The Morgan fingerprint density at radius 3 is 3.36 bits per heavy atom. The molecular weight excluding hydrogens is 198 g/mol. The Morgan fingerprint density at radius 1 is 1.71 bits per heavy atom. The highest BCUT2D eigenvalue weighted by Gasteiger charge is 2.20. The monoisotopic (exact) mass is 211 g/mol. The van der Waals surface area contributed by atoms with Crippen molar-refractivity contribution in [2.24, 2.45) is 0 Å². The van der Waals surface area contributed by atoms with Gasteiger partial charge in [-0.25, -0.2) is 0 Å². The number of rotatable bonds is 2. The van der Waals surface area contributed by atoms with Gasteiger partial charge in [0.1, 0.15) is 6.54 Å². The molecule has 0 unspecified atom stereocenters. The van der Waals surface area contributed by atoms with Gasteiger partial charge in [0.15, 0.2) is 0 Å². The van der Waals surface area contributed by atoms with Crippen molar-refractivity contribution < 1.29 is 9.53 Å². The standard InChI is InChI=1S/C10H13NO2S/c1-13-10(12)7-11-4-2-9-8(6-11)3-5-14-9/h2,4H,3,5-7H2,1H3. The Bertz CT molecular complexity index is 309. The lowest BCUT2D eigenvalue weighted by atomic mass is 10.1. The van der Waals surface area contributed by atoms with Gasteiger partial charge in [-0.15, -0.1) is 11.8 Å². The fourth-order valence-electron chi connectivity index (χ4n) is 1.64. The number of methoxy groups -OCH3 is 1. The van der Waals surface area contributed by atoms with Crippen molar-refractivity contribution in [1.29, 1.82) is 0 Å². The molecule has 0 fully saturated rings. The fraction of sp³-hybridized carbons (Fsp3) is 0.500. The van der Waals surface area contributed by atoms with Gasteiger partial charge in [-0.2, -0.15) is 0 Å². The molecule has 2 heterocycles. The topological polar surface area (TPSA) is 29.5 Å². The minimum atomic E-state index is -0.177. The molecule has 2 rings (SSSR count). The molecule has 0 spiro atoms. The molecule has 0 amide bonds. The molecule has 4 heteroatoms. The van der Waals surface area contributed by atoms with Crippen LogP contribution in [0.3, 0.4) is 0 Å². The minimum absolute atomic E-state index is 0.177. The number of thioether (sulfide) groups is 1. The lowest BCUT2D eigenvalue weighted by Crippen LogP contribution is -2.29. The first-order chi connectivity index (χ1) is 6.79. The van der Waals surface area contributed by atoms with E-state index in [0.29, 0.717) is 6.54 Å². The van der Waals surface area contributed by atoms with E-state index in [4.69, 9.17) is 0 Å². The van der Waals surface area contributed by atoms with Gasteiger partial charge in [-0.3, -0.25) is 4.79 Å². The summed E-state index contributed by atoms with van der Waals surface area (Å²) in [6, 6.07) is 0. The van der Waals surface area contributed by atoms with Crippen molar-refractivity contribution >= 4 is 17.7 Å². The fourth-order valence-corrected chi connectivity index (χ4v) is 2.74. The summed E-state index contributed by atoms with van der Waals surface area (Å²) in [7, 11) is 1.42. The van der Waals surface area contributed by atoms with Gasteiger partial charge in [0, 0.05) is 23.4 Å². The number of ether oxygens (including phenoxy) is 1. The zero-order valence-corrected chi connectivity index (χ0v) is 8.97. The van der Waals surface area contributed by atoms with Crippen molar-refractivity contribution in [1.82, 2.24) is 4.90 Å². The molecule has 0 N–H and O–H groups in total.